The molecule has 1 aliphatic rings. The molecule has 25 heavy (non-hydrogen) atoms. The molecule has 0 bridgehead atoms. The number of rotatable bonds is 2. The number of aliphatic hydroxyl groups excluding tert-OH is 1. The first-order valence-corrected chi connectivity index (χ1v) is 10.6. The zero-order valence-corrected chi connectivity index (χ0v) is 17.2. The fraction of sp³-hybridized carbons (Fsp3) is 0.391. The first-order chi connectivity index (χ1) is 11.8. The van der Waals surface area contributed by atoms with Gasteiger partial charge < -0.3 is 0 Å². The molecule has 0 unspecified atom stereocenters. The van der Waals surface area contributed by atoms with E-state index in [0.717, 1.165) is 11.1 Å². The minimum absolute atomic E-state index is 0.0822. The van der Waals surface area contributed by atoms with Crippen LogP contribution in [0.3, 0.4) is 0 Å². The van der Waals surface area contributed by atoms with Crippen molar-refractivity contribution < 1.29 is 5.11 Å². The molecule has 0 heterocycles. The van der Waals surface area contributed by atoms with Crippen LogP contribution in [0.15, 0.2) is 42.5 Å². The van der Waals surface area contributed by atoms with Crippen LogP contribution in [0.1, 0.15) is 62.8 Å². The second-order valence-electron chi connectivity index (χ2n) is 8.16. The summed E-state index contributed by atoms with van der Waals surface area (Å²) < 4.78 is 1.36. The van der Waals surface area contributed by atoms with Crippen LogP contribution in [0.5, 0.6) is 0 Å². The van der Waals surface area contributed by atoms with Gasteiger partial charge in [0.05, 0.1) is 0 Å². The van der Waals surface area contributed by atoms with E-state index in [1.165, 1.54) is 28.4 Å². The Morgan fingerprint density at radius 3 is 2.20 bits per heavy atom. The molecular formula is C23H26OSe. The maximum atomic E-state index is 9.10. The molecule has 2 heteroatoms. The molecule has 1 N–H and O–H groups in total. The Labute approximate surface area is 158 Å². The van der Waals surface area contributed by atoms with Gasteiger partial charge in [-0.25, -0.2) is 0 Å². The molecule has 0 aliphatic heterocycles. The van der Waals surface area contributed by atoms with E-state index < -0.39 is 0 Å². The van der Waals surface area contributed by atoms with E-state index in [-0.39, 0.29) is 32.4 Å². The van der Waals surface area contributed by atoms with Gasteiger partial charge in [0.25, 0.3) is 0 Å². The zero-order chi connectivity index (χ0) is 18.1. The van der Waals surface area contributed by atoms with Crippen LogP contribution in [-0.4, -0.2) is 20.1 Å². The summed E-state index contributed by atoms with van der Waals surface area (Å²) in [6.45, 7) is 9.54. The van der Waals surface area contributed by atoms with Gasteiger partial charge in [0.1, 0.15) is 0 Å². The van der Waals surface area contributed by atoms with Crippen LogP contribution >= 0.6 is 0 Å². The standard InChI is InChI=1S/C23H26OSe/c1-22(2)12-13-23(3,4)21-15-19(9-10-20(21)22)25-14-11-17-5-7-18(16-24)8-6-17/h5-10,15,24H,12-13,16H2,1-4H3. The summed E-state index contributed by atoms with van der Waals surface area (Å²) >= 11 is 0.155. The van der Waals surface area contributed by atoms with Gasteiger partial charge in [-0.15, -0.1) is 0 Å². The van der Waals surface area contributed by atoms with E-state index >= 15 is 0 Å². The topological polar surface area (TPSA) is 20.2 Å². The van der Waals surface area contributed by atoms with Crippen LogP contribution in [0.4, 0.5) is 0 Å². The third-order valence-corrected chi connectivity index (χ3v) is 6.78. The summed E-state index contributed by atoms with van der Waals surface area (Å²) in [5, 5.41) is 9.10. The van der Waals surface area contributed by atoms with E-state index in [2.05, 4.69) is 56.6 Å². The molecule has 0 spiro atoms. The summed E-state index contributed by atoms with van der Waals surface area (Å²) in [7, 11) is 0. The van der Waals surface area contributed by atoms with Gasteiger partial charge in [-0.2, -0.15) is 0 Å². The SMILES string of the molecule is CC1(C)CCC(C)(C)c2cc([Se]C#Cc3ccc(CO)cc3)ccc21. The predicted octanol–water partition coefficient (Wildman–Crippen LogP) is 3.87. The Kier molecular flexibility index (Phi) is 5.12. The molecule has 0 atom stereocenters. The average molecular weight is 397 g/mol. The van der Waals surface area contributed by atoms with Crippen molar-refractivity contribution >= 4 is 19.4 Å². The first kappa shape index (κ1) is 18.3. The predicted molar refractivity (Wildman–Crippen MR) is 106 cm³/mol. The number of fused-ring (bicyclic) bond motifs is 1. The minimum atomic E-state index is 0.0822. The molecule has 0 fully saturated rings. The molecule has 2 aromatic carbocycles. The van der Waals surface area contributed by atoms with Crippen LogP contribution in [0, 0.1) is 10.7 Å². The number of hydrogen-bond acceptors (Lipinski definition) is 1. The Morgan fingerprint density at radius 1 is 0.920 bits per heavy atom. The van der Waals surface area contributed by atoms with E-state index in [4.69, 9.17) is 5.11 Å². The average Bonchev–Trinajstić information content (AvgIpc) is 2.60. The molecule has 1 nitrogen and oxygen atoms in total. The van der Waals surface area contributed by atoms with E-state index in [9.17, 15) is 0 Å². The van der Waals surface area contributed by atoms with E-state index in [0.29, 0.717) is 0 Å². The molecule has 0 saturated carbocycles. The Bertz CT molecular complexity index is 819. The summed E-state index contributed by atoms with van der Waals surface area (Å²) in [6.07, 6.45) is 2.49. The van der Waals surface area contributed by atoms with Crippen molar-refractivity contribution in [1.82, 2.24) is 0 Å². The normalized spacial score (nSPS) is 17.3. The Balaban J connectivity index is 1.82. The molecule has 0 radical (unpaired) electrons. The van der Waals surface area contributed by atoms with Gasteiger partial charge >= 0.3 is 158 Å². The van der Waals surface area contributed by atoms with Gasteiger partial charge in [0.15, 0.2) is 0 Å². The van der Waals surface area contributed by atoms with Crippen molar-refractivity contribution in [3.05, 3.63) is 64.7 Å². The van der Waals surface area contributed by atoms with Crippen LogP contribution < -0.4 is 4.46 Å². The number of benzene rings is 2. The van der Waals surface area contributed by atoms with Crippen LogP contribution in [0.25, 0.3) is 0 Å². The second kappa shape index (κ2) is 7.00. The van der Waals surface area contributed by atoms with Crippen molar-refractivity contribution in [3.8, 4) is 10.7 Å². The molecule has 0 aromatic heterocycles. The maximum absolute atomic E-state index is 9.10. The summed E-state index contributed by atoms with van der Waals surface area (Å²) in [6, 6.07) is 14.8. The second-order valence-corrected chi connectivity index (χ2v) is 10.0. The fourth-order valence-corrected chi connectivity index (χ4v) is 4.73. The van der Waals surface area contributed by atoms with Gasteiger partial charge in [0.2, 0.25) is 0 Å². The number of aliphatic hydroxyl groups is 1. The van der Waals surface area contributed by atoms with Gasteiger partial charge in [-0.1, -0.05) is 0 Å². The molecule has 130 valence electrons. The van der Waals surface area contributed by atoms with Crippen molar-refractivity contribution in [2.75, 3.05) is 0 Å². The summed E-state index contributed by atoms with van der Waals surface area (Å²) in [5.41, 5.74) is 5.49. The Hall–Kier alpha value is -1.52. The molecular weight excluding hydrogens is 371 g/mol. The first-order valence-electron chi connectivity index (χ1n) is 8.84. The third kappa shape index (κ3) is 4.01. The van der Waals surface area contributed by atoms with E-state index in [1.54, 1.807) is 0 Å². The van der Waals surface area contributed by atoms with Gasteiger partial charge in [-0.3, -0.25) is 0 Å². The van der Waals surface area contributed by atoms with Gasteiger partial charge in [0, 0.05) is 0 Å². The van der Waals surface area contributed by atoms with Gasteiger partial charge in [-0.05, 0) is 0 Å². The molecule has 2 aromatic rings. The quantitative estimate of drug-likeness (QED) is 0.603. The summed E-state index contributed by atoms with van der Waals surface area (Å²) in [5.74, 6) is 3.26. The van der Waals surface area contributed by atoms with Crippen LogP contribution in [0.2, 0.25) is 0 Å². The van der Waals surface area contributed by atoms with E-state index in [1.807, 2.05) is 24.3 Å². The van der Waals surface area contributed by atoms with Crippen LogP contribution in [-0.2, 0) is 17.4 Å². The molecule has 0 saturated heterocycles. The summed E-state index contributed by atoms with van der Waals surface area (Å²) in [4.78, 5) is 3.36. The monoisotopic (exact) mass is 398 g/mol. The molecule has 3 rings (SSSR count). The third-order valence-electron chi connectivity index (χ3n) is 5.33. The molecule has 0 amide bonds. The van der Waals surface area contributed by atoms with Crippen molar-refractivity contribution in [2.45, 2.75) is 58.0 Å². The van der Waals surface area contributed by atoms with Crippen molar-refractivity contribution in [2.24, 2.45) is 0 Å². The Morgan fingerprint density at radius 2 is 1.56 bits per heavy atom. The fourth-order valence-electron chi connectivity index (χ4n) is 3.47. The van der Waals surface area contributed by atoms with Crippen molar-refractivity contribution in [1.29, 1.82) is 0 Å². The molecule has 1 aliphatic carbocycles. The number of hydrogen-bond donors (Lipinski definition) is 1. The zero-order valence-electron chi connectivity index (χ0n) is 15.5. The van der Waals surface area contributed by atoms with Crippen molar-refractivity contribution in [3.63, 3.8) is 0 Å².